The molecule has 0 aliphatic carbocycles. The van der Waals surface area contributed by atoms with Crippen molar-refractivity contribution < 1.29 is 18.7 Å². The van der Waals surface area contributed by atoms with E-state index >= 15 is 4.39 Å². The van der Waals surface area contributed by atoms with Crippen LogP contribution in [-0.4, -0.2) is 65.2 Å². The van der Waals surface area contributed by atoms with Crippen molar-refractivity contribution in [3.8, 4) is 28.6 Å². The predicted molar refractivity (Wildman–Crippen MR) is 132 cm³/mol. The number of rotatable bonds is 4. The highest BCUT2D eigenvalue weighted by atomic mass is 35.5. The van der Waals surface area contributed by atoms with Crippen molar-refractivity contribution in [3.63, 3.8) is 0 Å². The number of carbonyl (C=O) groups is 1. The number of hydrogen-bond donors (Lipinski definition) is 1. The number of ether oxygens (including phenoxy) is 2. The van der Waals surface area contributed by atoms with Crippen LogP contribution in [0.4, 0.5) is 4.39 Å². The summed E-state index contributed by atoms with van der Waals surface area (Å²) in [5, 5.41) is 11.2. The van der Waals surface area contributed by atoms with E-state index in [1.54, 1.807) is 18.5 Å². The zero-order valence-corrected chi connectivity index (χ0v) is 20.6. The van der Waals surface area contributed by atoms with Crippen molar-refractivity contribution >= 4 is 23.1 Å². The second-order valence-electron chi connectivity index (χ2n) is 9.25. The van der Waals surface area contributed by atoms with Gasteiger partial charge < -0.3 is 19.4 Å². The topological polar surface area (TPSA) is 124 Å². The van der Waals surface area contributed by atoms with Gasteiger partial charge >= 0.3 is 0 Å². The summed E-state index contributed by atoms with van der Waals surface area (Å²) in [6.45, 7) is 0.889. The smallest absolute Gasteiger partial charge is 0.257 e. The average Bonchev–Trinajstić information content (AvgIpc) is 3.71. The number of imidazole rings is 1. The third-order valence-corrected chi connectivity index (χ3v) is 7.43. The molecule has 1 aromatic carbocycles. The number of amides is 1. The van der Waals surface area contributed by atoms with Gasteiger partial charge in [-0.15, -0.1) is 5.10 Å². The largest absolute Gasteiger partial charge is 0.484 e. The number of pyridine rings is 1. The van der Waals surface area contributed by atoms with E-state index in [1.807, 2.05) is 11.0 Å². The number of hydrogen-bond acceptors (Lipinski definition) is 8. The zero-order chi connectivity index (χ0) is 25.8. The Bertz CT molecular complexity index is 1590. The lowest BCUT2D eigenvalue weighted by atomic mass is 9.92. The van der Waals surface area contributed by atoms with E-state index in [2.05, 4.69) is 30.5 Å². The lowest BCUT2D eigenvalue weighted by molar-refractivity contribution is -0.129. The molecular weight excluding hydrogens is 515 g/mol. The first-order valence-corrected chi connectivity index (χ1v) is 12.5. The van der Waals surface area contributed by atoms with Gasteiger partial charge in [0.05, 0.1) is 28.6 Å². The van der Waals surface area contributed by atoms with Gasteiger partial charge in [-0.25, -0.2) is 14.4 Å². The molecule has 192 valence electrons. The number of nitrogens with zero attached hydrogens (tertiary/aromatic N) is 7. The highest BCUT2D eigenvalue weighted by molar-refractivity contribution is 6.31. The van der Waals surface area contributed by atoms with Crippen LogP contribution in [0.2, 0.25) is 5.02 Å². The number of H-pyrrole nitrogens is 1. The normalized spacial score (nSPS) is 20.4. The molecule has 6 heterocycles. The Hall–Kier alpha value is -4.32. The SMILES string of the molecule is O=C1C=C(c2c(-n3cnnn3)ccc(Cl)c2F)C[C@H]2CC[C@@H](c3ncc(-c4ccnc5c4OCCO5)[nH]3)N12. The van der Waals surface area contributed by atoms with Crippen molar-refractivity contribution in [1.82, 2.24) is 40.1 Å². The molecular formula is C25H20ClFN8O3. The van der Waals surface area contributed by atoms with Gasteiger partial charge in [0.2, 0.25) is 5.91 Å². The fraction of sp³-hybridized carbons (Fsp3) is 0.280. The van der Waals surface area contributed by atoms with Crippen LogP contribution in [0.3, 0.4) is 0 Å². The minimum absolute atomic E-state index is 0.0345. The molecule has 11 nitrogen and oxygen atoms in total. The number of aromatic nitrogens is 7. The molecule has 0 spiro atoms. The van der Waals surface area contributed by atoms with Crippen LogP contribution in [0.25, 0.3) is 22.5 Å². The lowest BCUT2D eigenvalue weighted by Crippen LogP contribution is -2.39. The Balaban J connectivity index is 1.21. The maximum absolute atomic E-state index is 15.3. The van der Waals surface area contributed by atoms with E-state index in [0.29, 0.717) is 48.3 Å². The van der Waals surface area contributed by atoms with Crippen LogP contribution in [-0.2, 0) is 4.79 Å². The summed E-state index contributed by atoms with van der Waals surface area (Å²) in [6.07, 6.45) is 8.17. The second kappa shape index (κ2) is 8.91. The number of aromatic amines is 1. The summed E-state index contributed by atoms with van der Waals surface area (Å²) in [6, 6.07) is 4.57. The number of halogens is 2. The molecule has 7 rings (SSSR count). The molecule has 1 fully saturated rings. The van der Waals surface area contributed by atoms with Gasteiger partial charge in [-0.1, -0.05) is 11.6 Å². The van der Waals surface area contributed by atoms with Crippen LogP contribution >= 0.6 is 11.6 Å². The predicted octanol–water partition coefficient (Wildman–Crippen LogP) is 3.53. The first-order valence-electron chi connectivity index (χ1n) is 12.1. The average molecular weight is 535 g/mol. The van der Waals surface area contributed by atoms with E-state index in [0.717, 1.165) is 24.1 Å². The standard InChI is InChI=1S/C25H20ClFN8O3/c26-16-2-4-18(34-12-30-32-33-34)21(22(16)27)13-9-14-1-3-19(35(14)20(36)10-13)24-29-11-17(31-24)15-5-6-28-25-23(15)37-7-8-38-25/h2,4-6,10-12,14,19H,1,3,7-9H2,(H,29,31)/t14-,19+/m1/s1. The van der Waals surface area contributed by atoms with Gasteiger partial charge in [0, 0.05) is 29.4 Å². The van der Waals surface area contributed by atoms with Crippen LogP contribution in [0.15, 0.2) is 43.0 Å². The quantitative estimate of drug-likeness (QED) is 0.422. The molecule has 0 saturated carbocycles. The summed E-state index contributed by atoms with van der Waals surface area (Å²) >= 11 is 6.12. The van der Waals surface area contributed by atoms with Gasteiger partial charge in [-0.2, -0.15) is 4.68 Å². The van der Waals surface area contributed by atoms with Crippen molar-refractivity contribution in [2.45, 2.75) is 31.3 Å². The number of fused-ring (bicyclic) bond motifs is 2. The molecule has 3 aliphatic rings. The summed E-state index contributed by atoms with van der Waals surface area (Å²) in [5.41, 5.74) is 2.75. The molecule has 3 aromatic heterocycles. The first-order chi connectivity index (χ1) is 18.6. The van der Waals surface area contributed by atoms with Gasteiger partial charge in [0.1, 0.15) is 25.4 Å². The van der Waals surface area contributed by atoms with Gasteiger partial charge in [-0.3, -0.25) is 4.79 Å². The lowest BCUT2D eigenvalue weighted by Gasteiger charge is -2.33. The van der Waals surface area contributed by atoms with Gasteiger partial charge in [0.15, 0.2) is 11.6 Å². The number of tetrazole rings is 1. The molecule has 0 radical (unpaired) electrons. The van der Waals surface area contributed by atoms with Crippen LogP contribution < -0.4 is 9.47 Å². The number of benzene rings is 1. The van der Waals surface area contributed by atoms with Crippen molar-refractivity contribution in [2.75, 3.05) is 13.2 Å². The van der Waals surface area contributed by atoms with Gasteiger partial charge in [0.25, 0.3) is 5.88 Å². The van der Waals surface area contributed by atoms with E-state index in [9.17, 15) is 4.79 Å². The first kappa shape index (κ1) is 22.8. The Kier molecular flexibility index (Phi) is 5.36. The van der Waals surface area contributed by atoms with E-state index in [-0.39, 0.29) is 28.6 Å². The van der Waals surface area contributed by atoms with Crippen LogP contribution in [0, 0.1) is 5.82 Å². The Morgan fingerprint density at radius 1 is 1.13 bits per heavy atom. The van der Waals surface area contributed by atoms with E-state index in [1.165, 1.54) is 23.2 Å². The van der Waals surface area contributed by atoms with Crippen LogP contribution in [0.1, 0.15) is 36.7 Å². The summed E-state index contributed by atoms with van der Waals surface area (Å²) in [7, 11) is 0. The zero-order valence-electron chi connectivity index (χ0n) is 19.8. The Morgan fingerprint density at radius 3 is 2.89 bits per heavy atom. The number of carbonyl (C=O) groups excluding carboxylic acids is 1. The van der Waals surface area contributed by atoms with E-state index in [4.69, 9.17) is 21.1 Å². The van der Waals surface area contributed by atoms with Crippen molar-refractivity contribution in [3.05, 3.63) is 65.2 Å². The Morgan fingerprint density at radius 2 is 2.03 bits per heavy atom. The molecule has 0 bridgehead atoms. The van der Waals surface area contributed by atoms with Crippen molar-refractivity contribution in [1.29, 1.82) is 0 Å². The minimum atomic E-state index is -0.607. The summed E-state index contributed by atoms with van der Waals surface area (Å²) in [4.78, 5) is 27.5. The Labute approximate surface area is 220 Å². The number of nitrogens with one attached hydrogen (secondary N) is 1. The maximum atomic E-state index is 15.3. The summed E-state index contributed by atoms with van der Waals surface area (Å²) in [5.74, 6) is 0.880. The molecule has 3 aliphatic heterocycles. The molecule has 2 atom stereocenters. The maximum Gasteiger partial charge on any atom is 0.257 e. The fourth-order valence-electron chi connectivity index (χ4n) is 5.51. The molecule has 1 saturated heterocycles. The fourth-order valence-corrected chi connectivity index (χ4v) is 5.67. The van der Waals surface area contributed by atoms with Crippen LogP contribution in [0.5, 0.6) is 11.6 Å². The monoisotopic (exact) mass is 534 g/mol. The highest BCUT2D eigenvalue weighted by Gasteiger charge is 2.42. The molecule has 1 N–H and O–H groups in total. The van der Waals surface area contributed by atoms with Crippen molar-refractivity contribution in [2.24, 2.45) is 0 Å². The third-order valence-electron chi connectivity index (χ3n) is 7.14. The second-order valence-corrected chi connectivity index (χ2v) is 9.66. The molecule has 4 aromatic rings. The molecule has 13 heteroatoms. The van der Waals surface area contributed by atoms with E-state index < -0.39 is 5.82 Å². The highest BCUT2D eigenvalue weighted by Crippen LogP contribution is 2.45. The summed E-state index contributed by atoms with van der Waals surface area (Å²) < 4.78 is 28.1. The third kappa shape index (κ3) is 3.63. The molecule has 0 unspecified atom stereocenters. The molecule has 38 heavy (non-hydrogen) atoms. The minimum Gasteiger partial charge on any atom is -0.484 e. The van der Waals surface area contributed by atoms with Gasteiger partial charge in [-0.05, 0) is 53.5 Å². The molecule has 1 amide bonds.